The highest BCUT2D eigenvalue weighted by molar-refractivity contribution is 5.47. The zero-order chi connectivity index (χ0) is 11.3. The molecule has 0 aromatic heterocycles. The van der Waals surface area contributed by atoms with Crippen molar-refractivity contribution in [1.29, 1.82) is 0 Å². The summed E-state index contributed by atoms with van der Waals surface area (Å²) in [5, 5.41) is 9.92. The van der Waals surface area contributed by atoms with Gasteiger partial charge in [-0.1, -0.05) is 12.2 Å². The number of hydrogen-bond donors (Lipinski definition) is 1. The largest absolute Gasteiger partial charge is 0.507 e. The Morgan fingerprint density at radius 1 is 1.20 bits per heavy atom. The molecule has 0 heterocycles. The fourth-order valence-corrected chi connectivity index (χ4v) is 1.47. The monoisotopic (exact) mass is 204 g/mol. The first-order valence-electron chi connectivity index (χ1n) is 4.83. The van der Waals surface area contributed by atoms with Crippen molar-refractivity contribution in [3.63, 3.8) is 0 Å². The number of hydrogen-bond acceptors (Lipinski definition) is 2. The van der Waals surface area contributed by atoms with E-state index in [1.54, 1.807) is 19.3 Å². The van der Waals surface area contributed by atoms with Gasteiger partial charge in [-0.15, -0.1) is 13.2 Å². The zero-order valence-corrected chi connectivity index (χ0v) is 8.99. The van der Waals surface area contributed by atoms with E-state index in [1.807, 2.05) is 12.1 Å². The van der Waals surface area contributed by atoms with Gasteiger partial charge in [-0.3, -0.25) is 0 Å². The Labute approximate surface area is 90.5 Å². The molecule has 1 aromatic rings. The topological polar surface area (TPSA) is 29.5 Å². The zero-order valence-electron chi connectivity index (χ0n) is 8.99. The Kier molecular flexibility index (Phi) is 3.98. The van der Waals surface area contributed by atoms with E-state index in [2.05, 4.69) is 13.2 Å². The minimum absolute atomic E-state index is 0.315. The van der Waals surface area contributed by atoms with Crippen LogP contribution in [0.2, 0.25) is 0 Å². The predicted octanol–water partition coefficient (Wildman–Crippen LogP) is 2.86. The number of allylic oxidation sites excluding steroid dienone is 2. The van der Waals surface area contributed by atoms with Gasteiger partial charge in [-0.2, -0.15) is 0 Å². The fourth-order valence-electron chi connectivity index (χ4n) is 1.47. The van der Waals surface area contributed by atoms with Crippen LogP contribution in [0.15, 0.2) is 37.4 Å². The van der Waals surface area contributed by atoms with Gasteiger partial charge in [0.25, 0.3) is 0 Å². The van der Waals surface area contributed by atoms with Gasteiger partial charge < -0.3 is 9.84 Å². The van der Waals surface area contributed by atoms with E-state index in [0.29, 0.717) is 18.6 Å². The number of ether oxygens (including phenoxy) is 1. The van der Waals surface area contributed by atoms with Crippen LogP contribution < -0.4 is 4.74 Å². The molecule has 0 radical (unpaired) electrons. The van der Waals surface area contributed by atoms with E-state index in [4.69, 9.17) is 4.74 Å². The maximum atomic E-state index is 9.92. The molecule has 1 N–H and O–H groups in total. The molecule has 2 heteroatoms. The van der Waals surface area contributed by atoms with Crippen molar-refractivity contribution < 1.29 is 9.84 Å². The Bertz CT molecular complexity index is 336. The molecule has 15 heavy (non-hydrogen) atoms. The van der Waals surface area contributed by atoms with Crippen LogP contribution in [0.4, 0.5) is 0 Å². The van der Waals surface area contributed by atoms with E-state index in [1.165, 1.54) is 0 Å². The van der Waals surface area contributed by atoms with Gasteiger partial charge in [0.15, 0.2) is 0 Å². The molecule has 1 rings (SSSR count). The molecule has 1 aromatic carbocycles. The van der Waals surface area contributed by atoms with Crippen molar-refractivity contribution >= 4 is 0 Å². The summed E-state index contributed by atoms with van der Waals surface area (Å²) in [7, 11) is 1.61. The highest BCUT2D eigenvalue weighted by Gasteiger charge is 2.08. The van der Waals surface area contributed by atoms with Crippen LogP contribution >= 0.6 is 0 Å². The van der Waals surface area contributed by atoms with Crippen molar-refractivity contribution in [3.8, 4) is 11.5 Å². The van der Waals surface area contributed by atoms with Crippen LogP contribution in [0.3, 0.4) is 0 Å². The molecule has 0 aliphatic heterocycles. The summed E-state index contributed by atoms with van der Waals surface area (Å²) in [5.74, 6) is 1.07. The molecule has 0 saturated carbocycles. The number of rotatable bonds is 5. The third kappa shape index (κ3) is 2.62. The SMILES string of the molecule is C=CCc1cc(OC)cc(CC=C)c1O. The summed E-state index contributed by atoms with van der Waals surface area (Å²) in [6.45, 7) is 7.31. The first kappa shape index (κ1) is 11.4. The molecular formula is C13H16O2. The lowest BCUT2D eigenvalue weighted by molar-refractivity contribution is 0.409. The summed E-state index contributed by atoms with van der Waals surface area (Å²) in [6, 6.07) is 3.65. The molecule has 0 atom stereocenters. The fraction of sp³-hybridized carbons (Fsp3) is 0.231. The van der Waals surface area contributed by atoms with Gasteiger partial charge in [-0.05, 0) is 25.0 Å². The van der Waals surface area contributed by atoms with Gasteiger partial charge in [0, 0.05) is 11.1 Å². The molecule has 0 fully saturated rings. The number of aromatic hydroxyl groups is 1. The van der Waals surface area contributed by atoms with Crippen LogP contribution in [0, 0.1) is 0 Å². The number of benzene rings is 1. The second-order valence-corrected chi connectivity index (χ2v) is 3.28. The average molecular weight is 204 g/mol. The van der Waals surface area contributed by atoms with Crippen molar-refractivity contribution in [1.82, 2.24) is 0 Å². The number of phenolic OH excluding ortho intramolecular Hbond substituents is 1. The second kappa shape index (κ2) is 5.25. The van der Waals surface area contributed by atoms with Crippen LogP contribution in [0.5, 0.6) is 11.5 Å². The first-order valence-corrected chi connectivity index (χ1v) is 4.83. The predicted molar refractivity (Wildman–Crippen MR) is 62.5 cm³/mol. The Hall–Kier alpha value is -1.70. The minimum Gasteiger partial charge on any atom is -0.507 e. The molecule has 0 aliphatic rings. The van der Waals surface area contributed by atoms with Crippen LogP contribution in [0.1, 0.15) is 11.1 Å². The molecular weight excluding hydrogens is 188 g/mol. The lowest BCUT2D eigenvalue weighted by Crippen LogP contribution is -1.92. The molecule has 0 bridgehead atoms. The lowest BCUT2D eigenvalue weighted by Gasteiger charge is -2.10. The Morgan fingerprint density at radius 2 is 1.67 bits per heavy atom. The van der Waals surface area contributed by atoms with Gasteiger partial charge in [0.1, 0.15) is 11.5 Å². The molecule has 0 aliphatic carbocycles. The Balaban J connectivity index is 3.19. The third-order valence-corrected chi connectivity index (χ3v) is 2.21. The van der Waals surface area contributed by atoms with Crippen LogP contribution in [-0.2, 0) is 12.8 Å². The normalized spacial score (nSPS) is 9.67. The molecule has 2 nitrogen and oxygen atoms in total. The molecule has 0 amide bonds. The summed E-state index contributed by atoms with van der Waals surface area (Å²) in [6.07, 6.45) is 4.78. The van der Waals surface area contributed by atoms with E-state index >= 15 is 0 Å². The highest BCUT2D eigenvalue weighted by atomic mass is 16.5. The maximum Gasteiger partial charge on any atom is 0.122 e. The van der Waals surface area contributed by atoms with Gasteiger partial charge >= 0.3 is 0 Å². The molecule has 0 saturated heterocycles. The molecule has 0 unspecified atom stereocenters. The summed E-state index contributed by atoms with van der Waals surface area (Å²) in [5.41, 5.74) is 1.67. The van der Waals surface area contributed by atoms with Gasteiger partial charge in [-0.25, -0.2) is 0 Å². The van der Waals surface area contributed by atoms with Gasteiger partial charge in [0.05, 0.1) is 7.11 Å². The number of phenols is 1. The second-order valence-electron chi connectivity index (χ2n) is 3.28. The van der Waals surface area contributed by atoms with Gasteiger partial charge in [0.2, 0.25) is 0 Å². The standard InChI is InChI=1S/C13H16O2/c1-4-6-10-8-12(15-3)9-11(7-5-2)13(10)14/h4-5,8-9,14H,1-2,6-7H2,3H3. The van der Waals surface area contributed by atoms with Crippen molar-refractivity contribution in [2.24, 2.45) is 0 Å². The van der Waals surface area contributed by atoms with E-state index in [0.717, 1.165) is 16.9 Å². The van der Waals surface area contributed by atoms with Crippen LogP contribution in [-0.4, -0.2) is 12.2 Å². The quantitative estimate of drug-likeness (QED) is 0.747. The molecule has 0 spiro atoms. The summed E-state index contributed by atoms with van der Waals surface area (Å²) < 4.78 is 5.16. The maximum absolute atomic E-state index is 9.92. The smallest absolute Gasteiger partial charge is 0.122 e. The minimum atomic E-state index is 0.315. The van der Waals surface area contributed by atoms with E-state index < -0.39 is 0 Å². The number of methoxy groups -OCH3 is 1. The molecule has 80 valence electrons. The lowest BCUT2D eigenvalue weighted by atomic mass is 10.0. The summed E-state index contributed by atoms with van der Waals surface area (Å²) >= 11 is 0. The van der Waals surface area contributed by atoms with E-state index in [-0.39, 0.29) is 0 Å². The average Bonchev–Trinajstić information content (AvgIpc) is 2.24. The van der Waals surface area contributed by atoms with Crippen molar-refractivity contribution in [2.75, 3.05) is 7.11 Å². The van der Waals surface area contributed by atoms with Crippen LogP contribution in [0.25, 0.3) is 0 Å². The first-order chi connectivity index (χ1) is 7.22. The Morgan fingerprint density at radius 3 is 2.00 bits per heavy atom. The van der Waals surface area contributed by atoms with Crippen molar-refractivity contribution in [3.05, 3.63) is 48.6 Å². The third-order valence-electron chi connectivity index (χ3n) is 2.21. The van der Waals surface area contributed by atoms with Crippen molar-refractivity contribution in [2.45, 2.75) is 12.8 Å². The summed E-state index contributed by atoms with van der Waals surface area (Å²) in [4.78, 5) is 0. The highest BCUT2D eigenvalue weighted by Crippen LogP contribution is 2.29. The van der Waals surface area contributed by atoms with E-state index in [9.17, 15) is 5.11 Å².